The van der Waals surface area contributed by atoms with Crippen molar-refractivity contribution in [3.8, 4) is 11.5 Å². The number of aryl methyl sites for hydroxylation is 1. The van der Waals surface area contributed by atoms with Crippen molar-refractivity contribution in [2.45, 2.75) is 33.3 Å². The number of aromatic amines is 1. The number of H-pyrrole nitrogens is 1. The van der Waals surface area contributed by atoms with Crippen molar-refractivity contribution in [3.63, 3.8) is 0 Å². The van der Waals surface area contributed by atoms with Gasteiger partial charge in [-0.15, -0.1) is 0 Å². The lowest BCUT2D eigenvalue weighted by atomic mass is 10.1. The maximum Gasteiger partial charge on any atom is 0.412 e. The monoisotopic (exact) mass is 418 g/mol. The summed E-state index contributed by atoms with van der Waals surface area (Å²) in [5, 5.41) is 4.36. The van der Waals surface area contributed by atoms with Crippen LogP contribution in [-0.4, -0.2) is 26.6 Å². The highest BCUT2D eigenvalue weighted by atomic mass is 16.6. The van der Waals surface area contributed by atoms with Crippen LogP contribution in [0.2, 0.25) is 0 Å². The summed E-state index contributed by atoms with van der Waals surface area (Å²) < 4.78 is 11.5. The molecule has 4 rings (SSSR count). The fourth-order valence-electron chi connectivity index (χ4n) is 3.14. The largest absolute Gasteiger partial charge is 0.454 e. The molecular weight excluding hydrogens is 396 g/mol. The predicted molar refractivity (Wildman–Crippen MR) is 119 cm³/mol. The molecule has 8 nitrogen and oxygen atoms in total. The van der Waals surface area contributed by atoms with E-state index in [1.165, 1.54) is 0 Å². The third-order valence-corrected chi connectivity index (χ3v) is 4.47. The number of aromatic nitrogens is 3. The minimum atomic E-state index is -0.603. The molecule has 158 valence electrons. The van der Waals surface area contributed by atoms with Gasteiger partial charge in [0.1, 0.15) is 22.6 Å². The van der Waals surface area contributed by atoms with E-state index in [-0.39, 0.29) is 5.56 Å². The van der Waals surface area contributed by atoms with Crippen LogP contribution in [0.3, 0.4) is 0 Å². The minimum absolute atomic E-state index is 0.299. The molecular formula is C23H22N4O4. The highest BCUT2D eigenvalue weighted by molar-refractivity contribution is 6.03. The smallest absolute Gasteiger partial charge is 0.412 e. The Bertz CT molecular complexity index is 1360. The first kappa shape index (κ1) is 20.3. The van der Waals surface area contributed by atoms with Crippen LogP contribution >= 0.6 is 0 Å². The molecule has 8 heteroatoms. The number of ether oxygens (including phenoxy) is 2. The van der Waals surface area contributed by atoms with Crippen LogP contribution < -0.4 is 15.6 Å². The van der Waals surface area contributed by atoms with Gasteiger partial charge >= 0.3 is 6.09 Å². The Morgan fingerprint density at radius 2 is 1.77 bits per heavy atom. The Hall–Kier alpha value is -3.94. The van der Waals surface area contributed by atoms with E-state index in [2.05, 4.69) is 20.3 Å². The molecule has 2 N–H and O–H groups in total. The van der Waals surface area contributed by atoms with Crippen LogP contribution in [0.4, 0.5) is 10.5 Å². The number of hydrogen-bond donors (Lipinski definition) is 2. The van der Waals surface area contributed by atoms with Crippen molar-refractivity contribution < 1.29 is 14.3 Å². The van der Waals surface area contributed by atoms with Crippen LogP contribution in [0.1, 0.15) is 26.5 Å². The van der Waals surface area contributed by atoms with Gasteiger partial charge in [0, 0.05) is 23.0 Å². The number of benzene rings is 2. The van der Waals surface area contributed by atoms with E-state index in [1.807, 2.05) is 24.3 Å². The molecule has 0 aliphatic carbocycles. The van der Waals surface area contributed by atoms with E-state index in [9.17, 15) is 9.59 Å². The molecule has 2 heterocycles. The highest BCUT2D eigenvalue weighted by Gasteiger charge is 2.18. The van der Waals surface area contributed by atoms with Gasteiger partial charge in [0.2, 0.25) is 0 Å². The summed E-state index contributed by atoms with van der Waals surface area (Å²) in [5.74, 6) is 0.979. The Kier molecular flexibility index (Phi) is 5.06. The molecule has 2 aromatic carbocycles. The van der Waals surface area contributed by atoms with Gasteiger partial charge in [0.15, 0.2) is 11.4 Å². The lowest BCUT2D eigenvalue weighted by Gasteiger charge is -2.20. The molecule has 0 radical (unpaired) electrons. The average Bonchev–Trinajstić information content (AvgIpc) is 2.70. The van der Waals surface area contributed by atoms with Crippen molar-refractivity contribution in [3.05, 3.63) is 64.7 Å². The van der Waals surface area contributed by atoms with E-state index in [0.29, 0.717) is 34.0 Å². The van der Waals surface area contributed by atoms with E-state index in [1.54, 1.807) is 52.1 Å². The van der Waals surface area contributed by atoms with Crippen molar-refractivity contribution >= 4 is 33.7 Å². The molecule has 0 unspecified atom stereocenters. The second-order valence-corrected chi connectivity index (χ2v) is 8.04. The second kappa shape index (κ2) is 7.71. The molecule has 0 bridgehead atoms. The van der Waals surface area contributed by atoms with Gasteiger partial charge < -0.3 is 14.5 Å². The molecule has 0 saturated heterocycles. The number of pyridine rings is 1. The van der Waals surface area contributed by atoms with Crippen molar-refractivity contribution in [2.24, 2.45) is 0 Å². The zero-order valence-electron chi connectivity index (χ0n) is 17.6. The van der Waals surface area contributed by atoms with Gasteiger partial charge in [-0.05, 0) is 39.8 Å². The Morgan fingerprint density at radius 1 is 1.03 bits per heavy atom. The summed E-state index contributed by atoms with van der Waals surface area (Å²) in [5.41, 5.74) is 0.837. The number of rotatable bonds is 3. The van der Waals surface area contributed by atoms with Crippen molar-refractivity contribution in [2.75, 3.05) is 5.32 Å². The average molecular weight is 418 g/mol. The first-order valence-corrected chi connectivity index (χ1v) is 9.76. The van der Waals surface area contributed by atoms with Gasteiger partial charge in [-0.1, -0.05) is 24.3 Å². The van der Waals surface area contributed by atoms with Gasteiger partial charge in [-0.3, -0.25) is 10.1 Å². The Morgan fingerprint density at radius 3 is 2.52 bits per heavy atom. The maximum absolute atomic E-state index is 12.2. The normalized spacial score (nSPS) is 11.5. The summed E-state index contributed by atoms with van der Waals surface area (Å²) in [4.78, 5) is 35.5. The highest BCUT2D eigenvalue weighted by Crippen LogP contribution is 2.35. The third kappa shape index (κ3) is 4.32. The van der Waals surface area contributed by atoms with Crippen molar-refractivity contribution in [1.29, 1.82) is 0 Å². The standard InChI is InChI=1S/C23H22N4O4/c1-13-21(28)27-19-18(11-12-24-20(19)25-13)30-17-10-9-16(14-7-5-6-8-15(14)17)26-22(29)31-23(2,3)4/h5-12H,1-4H3,(H,26,29)(H,27,28). The molecule has 0 atom stereocenters. The SMILES string of the molecule is Cc1nc2nccc(Oc3ccc(NC(=O)OC(C)(C)C)c4ccccc34)c2[nH]c1=O. The van der Waals surface area contributed by atoms with Gasteiger partial charge in [0.05, 0.1) is 5.69 Å². The molecule has 31 heavy (non-hydrogen) atoms. The fourth-order valence-corrected chi connectivity index (χ4v) is 3.14. The van der Waals surface area contributed by atoms with Crippen molar-refractivity contribution in [1.82, 2.24) is 15.0 Å². The molecule has 4 aromatic rings. The number of anilines is 1. The van der Waals surface area contributed by atoms with E-state index >= 15 is 0 Å². The van der Waals surface area contributed by atoms with Crippen LogP contribution in [0.25, 0.3) is 21.9 Å². The molecule has 1 amide bonds. The zero-order valence-corrected chi connectivity index (χ0v) is 17.6. The summed E-state index contributed by atoms with van der Waals surface area (Å²) in [6.45, 7) is 7.04. The minimum Gasteiger partial charge on any atom is -0.454 e. The molecule has 0 aliphatic heterocycles. The third-order valence-electron chi connectivity index (χ3n) is 4.47. The molecule has 2 aromatic heterocycles. The molecule has 0 aliphatic rings. The lowest BCUT2D eigenvalue weighted by molar-refractivity contribution is 0.0636. The Labute approximate surface area is 178 Å². The molecule has 0 fully saturated rings. The number of carbonyl (C=O) groups excluding carboxylic acids is 1. The van der Waals surface area contributed by atoms with E-state index in [4.69, 9.17) is 9.47 Å². The number of nitrogens with zero attached hydrogens (tertiary/aromatic N) is 2. The number of nitrogens with one attached hydrogen (secondary N) is 2. The van der Waals surface area contributed by atoms with Crippen LogP contribution in [0.15, 0.2) is 53.5 Å². The second-order valence-electron chi connectivity index (χ2n) is 8.04. The van der Waals surface area contributed by atoms with Gasteiger partial charge in [0.25, 0.3) is 5.56 Å². The van der Waals surface area contributed by atoms with E-state index < -0.39 is 11.7 Å². The first-order chi connectivity index (χ1) is 14.7. The van der Waals surface area contributed by atoms with Crippen LogP contribution in [0, 0.1) is 6.92 Å². The van der Waals surface area contributed by atoms with E-state index in [0.717, 1.165) is 10.8 Å². The summed E-state index contributed by atoms with van der Waals surface area (Å²) in [6, 6.07) is 12.7. The summed E-state index contributed by atoms with van der Waals surface area (Å²) in [7, 11) is 0. The summed E-state index contributed by atoms with van der Waals surface area (Å²) >= 11 is 0. The summed E-state index contributed by atoms with van der Waals surface area (Å²) in [6.07, 6.45) is 1.04. The maximum atomic E-state index is 12.2. The Balaban J connectivity index is 1.74. The number of amides is 1. The molecule has 0 spiro atoms. The number of fused-ring (bicyclic) bond motifs is 2. The zero-order chi connectivity index (χ0) is 22.2. The number of hydrogen-bond acceptors (Lipinski definition) is 6. The van der Waals surface area contributed by atoms with Crippen LogP contribution in [0.5, 0.6) is 11.5 Å². The molecule has 0 saturated carbocycles. The first-order valence-electron chi connectivity index (χ1n) is 9.76. The predicted octanol–water partition coefficient (Wildman–Crippen LogP) is 4.92. The van der Waals surface area contributed by atoms with Gasteiger partial charge in [-0.25, -0.2) is 14.8 Å². The lowest BCUT2D eigenvalue weighted by Crippen LogP contribution is -2.27. The number of carbonyl (C=O) groups is 1. The van der Waals surface area contributed by atoms with Gasteiger partial charge in [-0.2, -0.15) is 0 Å². The van der Waals surface area contributed by atoms with Crippen LogP contribution in [-0.2, 0) is 4.74 Å². The quantitative estimate of drug-likeness (QED) is 0.489. The fraction of sp³-hybridized carbons (Fsp3) is 0.217. The topological polar surface area (TPSA) is 106 Å².